The molecule has 1 saturated heterocycles. The number of carbonyl (C=O) groups is 3. The molecule has 1 aliphatic heterocycles. The molecule has 0 spiro atoms. The van der Waals surface area contributed by atoms with E-state index < -0.39 is 35.6 Å². The first-order chi connectivity index (χ1) is 18.8. The third kappa shape index (κ3) is 6.61. The number of likely N-dealkylation sites (tertiary alicyclic amines) is 1. The van der Waals surface area contributed by atoms with Gasteiger partial charge in [0.05, 0.1) is 5.52 Å². The second-order valence-electron chi connectivity index (χ2n) is 10.2. The summed E-state index contributed by atoms with van der Waals surface area (Å²) < 4.78 is 34.4. The van der Waals surface area contributed by atoms with Gasteiger partial charge in [0.25, 0.3) is 0 Å². The summed E-state index contributed by atoms with van der Waals surface area (Å²) in [5.74, 6) is -2.78. The molecule has 39 heavy (non-hydrogen) atoms. The molecule has 204 valence electrons. The Hall–Kier alpha value is -3.40. The number of fused-ring (bicyclic) bond motifs is 1. The van der Waals surface area contributed by atoms with Crippen molar-refractivity contribution in [2.45, 2.75) is 63.8 Å². The van der Waals surface area contributed by atoms with Crippen molar-refractivity contribution in [3.05, 3.63) is 75.9 Å². The van der Waals surface area contributed by atoms with E-state index in [0.29, 0.717) is 18.8 Å². The Kier molecular flexibility index (Phi) is 8.20. The molecule has 2 heterocycles. The topological polar surface area (TPSA) is 88.6 Å². The standard InChI is InChI=1S/C29H28BrF2N3O4/c30-21-12-18-4-2-10-33-28(18)20(13-21)16-39-29(38)24(11-17-6-7-17)34-25(36)14-22-8-9-26(37)35(22)15-19-3-1-5-23(31)27(19)32/h1-5,10,12-13,17,22,24H,6-9,11,14-16H2,(H,34,36)/t22-,24-/m0/s1. The minimum Gasteiger partial charge on any atom is -0.459 e. The molecule has 2 atom stereocenters. The average molecular weight is 600 g/mol. The van der Waals surface area contributed by atoms with Crippen LogP contribution < -0.4 is 5.32 Å². The highest BCUT2D eigenvalue weighted by atomic mass is 79.9. The molecule has 7 nitrogen and oxygen atoms in total. The number of hydrogen-bond donors (Lipinski definition) is 1. The molecule has 0 unspecified atom stereocenters. The van der Waals surface area contributed by atoms with Gasteiger partial charge >= 0.3 is 5.97 Å². The molecular formula is C29H28BrF2N3O4. The largest absolute Gasteiger partial charge is 0.459 e. The maximum absolute atomic E-state index is 14.2. The van der Waals surface area contributed by atoms with Crippen molar-refractivity contribution in [3.63, 3.8) is 0 Å². The molecule has 5 rings (SSSR count). The van der Waals surface area contributed by atoms with Crippen LogP contribution in [-0.2, 0) is 32.3 Å². The third-order valence-corrected chi connectivity index (χ3v) is 7.71. The molecule has 1 aliphatic carbocycles. The smallest absolute Gasteiger partial charge is 0.328 e. The number of pyridine rings is 1. The van der Waals surface area contributed by atoms with E-state index in [0.717, 1.165) is 39.8 Å². The van der Waals surface area contributed by atoms with Crippen LogP contribution in [-0.4, -0.2) is 39.8 Å². The Bertz CT molecular complexity index is 1410. The molecule has 1 N–H and O–H groups in total. The quantitative estimate of drug-likeness (QED) is 0.324. The fourth-order valence-corrected chi connectivity index (χ4v) is 5.56. The predicted octanol–water partition coefficient (Wildman–Crippen LogP) is 5.18. The number of amides is 2. The molecule has 1 saturated carbocycles. The van der Waals surface area contributed by atoms with Gasteiger partial charge in [0.2, 0.25) is 11.8 Å². The van der Waals surface area contributed by atoms with E-state index in [9.17, 15) is 23.2 Å². The zero-order chi connectivity index (χ0) is 27.5. The van der Waals surface area contributed by atoms with Crippen LogP contribution in [0.3, 0.4) is 0 Å². The lowest BCUT2D eigenvalue weighted by atomic mass is 10.1. The van der Waals surface area contributed by atoms with Crippen molar-refractivity contribution in [1.29, 1.82) is 0 Å². The van der Waals surface area contributed by atoms with Gasteiger partial charge in [0, 0.05) is 52.6 Å². The monoisotopic (exact) mass is 599 g/mol. The lowest BCUT2D eigenvalue weighted by molar-refractivity contribution is -0.149. The maximum Gasteiger partial charge on any atom is 0.328 e. The van der Waals surface area contributed by atoms with Crippen molar-refractivity contribution < 1.29 is 27.9 Å². The molecule has 2 fully saturated rings. The number of esters is 1. The highest BCUT2D eigenvalue weighted by Gasteiger charge is 2.35. The molecule has 2 amide bonds. The first-order valence-electron chi connectivity index (χ1n) is 13.0. The van der Waals surface area contributed by atoms with Crippen LogP contribution in [0.2, 0.25) is 0 Å². The Balaban J connectivity index is 1.22. The number of hydrogen-bond acceptors (Lipinski definition) is 5. The number of carbonyl (C=O) groups excluding carboxylic acids is 3. The summed E-state index contributed by atoms with van der Waals surface area (Å²) in [7, 11) is 0. The van der Waals surface area contributed by atoms with E-state index in [1.165, 1.54) is 17.0 Å². The van der Waals surface area contributed by atoms with Gasteiger partial charge in [0.1, 0.15) is 12.6 Å². The Morgan fingerprint density at radius 3 is 2.74 bits per heavy atom. The van der Waals surface area contributed by atoms with Gasteiger partial charge in [-0.3, -0.25) is 14.6 Å². The zero-order valence-corrected chi connectivity index (χ0v) is 22.8. The van der Waals surface area contributed by atoms with Crippen molar-refractivity contribution in [2.75, 3.05) is 0 Å². The van der Waals surface area contributed by atoms with Crippen LogP contribution in [0.25, 0.3) is 10.9 Å². The van der Waals surface area contributed by atoms with Gasteiger partial charge < -0.3 is 15.0 Å². The van der Waals surface area contributed by atoms with Crippen LogP contribution in [0, 0.1) is 17.6 Å². The van der Waals surface area contributed by atoms with Crippen molar-refractivity contribution in [3.8, 4) is 0 Å². The van der Waals surface area contributed by atoms with Gasteiger partial charge in [-0.2, -0.15) is 0 Å². The number of halogens is 3. The minimum atomic E-state index is -0.999. The fraction of sp³-hybridized carbons (Fsp3) is 0.379. The van der Waals surface area contributed by atoms with Crippen LogP contribution >= 0.6 is 15.9 Å². The lowest BCUT2D eigenvalue weighted by Crippen LogP contribution is -2.44. The van der Waals surface area contributed by atoms with Crippen molar-refractivity contribution in [2.24, 2.45) is 5.92 Å². The average Bonchev–Trinajstić information content (AvgIpc) is 3.67. The minimum absolute atomic E-state index is 0.00687. The number of nitrogens with one attached hydrogen (secondary N) is 1. The molecular weight excluding hydrogens is 572 g/mol. The van der Waals surface area contributed by atoms with Crippen LogP contribution in [0.5, 0.6) is 0 Å². The van der Waals surface area contributed by atoms with E-state index in [1.807, 2.05) is 24.3 Å². The molecule has 0 radical (unpaired) electrons. The number of ether oxygens (including phenoxy) is 1. The SMILES string of the molecule is O=C(C[C@@H]1CCC(=O)N1Cc1cccc(F)c1F)N[C@@H](CC1CC1)C(=O)OCc1cc(Br)cc2cccnc12. The van der Waals surface area contributed by atoms with E-state index in [1.54, 1.807) is 6.20 Å². The second-order valence-corrected chi connectivity index (χ2v) is 11.1. The summed E-state index contributed by atoms with van der Waals surface area (Å²) in [5.41, 5.74) is 1.53. The zero-order valence-electron chi connectivity index (χ0n) is 21.2. The first-order valence-corrected chi connectivity index (χ1v) is 13.8. The number of nitrogens with zero attached hydrogens (tertiary/aromatic N) is 2. The molecule has 1 aromatic heterocycles. The van der Waals surface area contributed by atoms with E-state index >= 15 is 0 Å². The summed E-state index contributed by atoms with van der Waals surface area (Å²) in [6.07, 6.45) is 4.73. The normalized spacial score (nSPS) is 17.9. The summed E-state index contributed by atoms with van der Waals surface area (Å²) in [4.78, 5) is 44.4. The predicted molar refractivity (Wildman–Crippen MR) is 143 cm³/mol. The third-order valence-electron chi connectivity index (χ3n) is 7.25. The van der Waals surface area contributed by atoms with Crippen LogP contribution in [0.4, 0.5) is 8.78 Å². The molecule has 10 heteroatoms. The number of rotatable bonds is 10. The van der Waals surface area contributed by atoms with Gasteiger partial charge in [-0.1, -0.05) is 47.0 Å². The van der Waals surface area contributed by atoms with Crippen molar-refractivity contribution >= 4 is 44.6 Å². The highest BCUT2D eigenvalue weighted by Crippen LogP contribution is 2.34. The Morgan fingerprint density at radius 2 is 1.95 bits per heavy atom. The lowest BCUT2D eigenvalue weighted by Gasteiger charge is -2.26. The molecule has 0 bridgehead atoms. The molecule has 3 aromatic rings. The summed E-state index contributed by atoms with van der Waals surface area (Å²) in [6.45, 7) is -0.116. The molecule has 2 aliphatic rings. The Morgan fingerprint density at radius 1 is 1.13 bits per heavy atom. The summed E-state index contributed by atoms with van der Waals surface area (Å²) in [6, 6.07) is 10.1. The van der Waals surface area contributed by atoms with Crippen LogP contribution in [0.15, 0.2) is 53.1 Å². The summed E-state index contributed by atoms with van der Waals surface area (Å²) in [5, 5.41) is 3.72. The Labute approximate surface area is 233 Å². The maximum atomic E-state index is 14.2. The highest BCUT2D eigenvalue weighted by molar-refractivity contribution is 9.10. The van der Waals surface area contributed by atoms with E-state index in [-0.39, 0.29) is 37.5 Å². The second kappa shape index (κ2) is 11.8. The fourth-order valence-electron chi connectivity index (χ4n) is 5.03. The number of benzene rings is 2. The van der Waals surface area contributed by atoms with Gasteiger partial charge in [-0.05, 0) is 43.0 Å². The molecule has 2 aromatic carbocycles. The number of aromatic nitrogens is 1. The van der Waals surface area contributed by atoms with Crippen LogP contribution in [0.1, 0.15) is 49.7 Å². The van der Waals surface area contributed by atoms with Gasteiger partial charge in [-0.25, -0.2) is 13.6 Å². The van der Waals surface area contributed by atoms with E-state index in [4.69, 9.17) is 4.74 Å². The van der Waals surface area contributed by atoms with E-state index in [2.05, 4.69) is 26.2 Å². The van der Waals surface area contributed by atoms with Gasteiger partial charge in [0.15, 0.2) is 11.6 Å². The van der Waals surface area contributed by atoms with Crippen molar-refractivity contribution in [1.82, 2.24) is 15.2 Å². The first kappa shape index (κ1) is 27.2. The summed E-state index contributed by atoms with van der Waals surface area (Å²) >= 11 is 3.48. The van der Waals surface area contributed by atoms with Gasteiger partial charge in [-0.15, -0.1) is 0 Å².